The largest absolute Gasteiger partial charge is 0.495 e. The molecular formula is C18H23ClN4O2. The molecule has 1 amide bonds. The van der Waals surface area contributed by atoms with Gasteiger partial charge in [0, 0.05) is 29.9 Å². The third kappa shape index (κ3) is 4.39. The van der Waals surface area contributed by atoms with Crippen molar-refractivity contribution in [3.8, 4) is 5.75 Å². The first-order valence-electron chi connectivity index (χ1n) is 8.15. The average Bonchev–Trinajstić information content (AvgIpc) is 2.58. The van der Waals surface area contributed by atoms with Gasteiger partial charge < -0.3 is 15.0 Å². The van der Waals surface area contributed by atoms with Crippen LogP contribution in [0.5, 0.6) is 5.75 Å². The number of aromatic nitrogens is 2. The molecule has 0 aliphatic carbocycles. The Labute approximate surface area is 153 Å². The Morgan fingerprint density at radius 2 is 1.88 bits per heavy atom. The van der Waals surface area contributed by atoms with E-state index in [9.17, 15) is 4.79 Å². The van der Waals surface area contributed by atoms with Crippen LogP contribution in [0.1, 0.15) is 35.6 Å². The molecule has 2 rings (SSSR count). The summed E-state index contributed by atoms with van der Waals surface area (Å²) < 4.78 is 5.30. The summed E-state index contributed by atoms with van der Waals surface area (Å²) in [6, 6.07) is 5.12. The van der Waals surface area contributed by atoms with E-state index in [1.807, 2.05) is 32.6 Å². The average molecular weight is 363 g/mol. The molecular weight excluding hydrogens is 340 g/mol. The minimum absolute atomic E-state index is 0.309. The molecule has 0 unspecified atom stereocenters. The van der Waals surface area contributed by atoms with Crippen LogP contribution in [0.2, 0.25) is 5.02 Å². The van der Waals surface area contributed by atoms with Crippen LogP contribution in [0.15, 0.2) is 18.2 Å². The highest BCUT2D eigenvalue weighted by Crippen LogP contribution is 2.31. The van der Waals surface area contributed by atoms with E-state index < -0.39 is 0 Å². The quantitative estimate of drug-likeness (QED) is 0.845. The van der Waals surface area contributed by atoms with Gasteiger partial charge in [0.15, 0.2) is 0 Å². The van der Waals surface area contributed by atoms with E-state index in [1.54, 1.807) is 18.2 Å². The standard InChI is InChI=1S/C18H23ClN4O2/c1-6-23(7-2)18-20-12(4)9-15(22-18)17(24)21-14-8-11(3)13(19)10-16(14)25-5/h8-10H,6-7H2,1-5H3,(H,21,24). The van der Waals surface area contributed by atoms with Crippen molar-refractivity contribution in [2.24, 2.45) is 0 Å². The number of carbonyl (C=O) groups is 1. The van der Waals surface area contributed by atoms with E-state index in [0.29, 0.717) is 28.1 Å². The van der Waals surface area contributed by atoms with Gasteiger partial charge in [-0.2, -0.15) is 0 Å². The topological polar surface area (TPSA) is 67.4 Å². The van der Waals surface area contributed by atoms with Gasteiger partial charge in [0.25, 0.3) is 5.91 Å². The number of amides is 1. The molecule has 0 saturated carbocycles. The van der Waals surface area contributed by atoms with Crippen molar-refractivity contribution in [1.29, 1.82) is 0 Å². The molecule has 6 nitrogen and oxygen atoms in total. The lowest BCUT2D eigenvalue weighted by Gasteiger charge is -2.19. The number of rotatable bonds is 6. The minimum atomic E-state index is -0.320. The lowest BCUT2D eigenvalue weighted by molar-refractivity contribution is 0.102. The molecule has 7 heteroatoms. The summed E-state index contributed by atoms with van der Waals surface area (Å²) in [6.45, 7) is 9.30. The molecule has 2 aromatic rings. The first-order chi connectivity index (χ1) is 11.9. The van der Waals surface area contributed by atoms with E-state index in [2.05, 4.69) is 15.3 Å². The molecule has 0 fully saturated rings. The van der Waals surface area contributed by atoms with Crippen molar-refractivity contribution in [3.63, 3.8) is 0 Å². The van der Waals surface area contributed by atoms with Gasteiger partial charge in [0.2, 0.25) is 5.95 Å². The minimum Gasteiger partial charge on any atom is -0.495 e. The van der Waals surface area contributed by atoms with Crippen molar-refractivity contribution in [2.75, 3.05) is 30.4 Å². The molecule has 1 aromatic carbocycles. The molecule has 0 atom stereocenters. The van der Waals surface area contributed by atoms with Gasteiger partial charge in [-0.3, -0.25) is 4.79 Å². The number of aryl methyl sites for hydroxylation is 2. The molecule has 1 aromatic heterocycles. The number of anilines is 2. The Hall–Kier alpha value is -2.34. The van der Waals surface area contributed by atoms with Crippen molar-refractivity contribution >= 4 is 29.1 Å². The molecule has 25 heavy (non-hydrogen) atoms. The number of hydrogen-bond acceptors (Lipinski definition) is 5. The summed E-state index contributed by atoms with van der Waals surface area (Å²) in [7, 11) is 1.53. The Morgan fingerprint density at radius 1 is 1.20 bits per heavy atom. The van der Waals surface area contributed by atoms with Crippen LogP contribution in [-0.2, 0) is 0 Å². The molecule has 0 spiro atoms. The molecule has 134 valence electrons. The van der Waals surface area contributed by atoms with Crippen LogP contribution in [0.3, 0.4) is 0 Å². The predicted molar refractivity (Wildman–Crippen MR) is 101 cm³/mol. The number of nitrogens with one attached hydrogen (secondary N) is 1. The van der Waals surface area contributed by atoms with Crippen molar-refractivity contribution in [2.45, 2.75) is 27.7 Å². The van der Waals surface area contributed by atoms with Gasteiger partial charge >= 0.3 is 0 Å². The van der Waals surface area contributed by atoms with Crippen LogP contribution in [0, 0.1) is 13.8 Å². The summed E-state index contributed by atoms with van der Waals surface area (Å²) in [5.41, 5.74) is 2.45. The van der Waals surface area contributed by atoms with Gasteiger partial charge in [-0.05, 0) is 45.4 Å². The number of nitrogens with zero attached hydrogens (tertiary/aromatic N) is 3. The second-order valence-electron chi connectivity index (χ2n) is 5.62. The number of ether oxygens (including phenoxy) is 1. The van der Waals surface area contributed by atoms with E-state index in [-0.39, 0.29) is 5.91 Å². The highest BCUT2D eigenvalue weighted by Gasteiger charge is 2.16. The SMILES string of the molecule is CCN(CC)c1nc(C)cc(C(=O)Nc2cc(C)c(Cl)cc2OC)n1. The fraction of sp³-hybridized carbons (Fsp3) is 0.389. The third-order valence-corrected chi connectivity index (χ3v) is 4.26. The molecule has 0 aliphatic rings. The number of halogens is 1. The van der Waals surface area contributed by atoms with Crippen LogP contribution >= 0.6 is 11.6 Å². The summed E-state index contributed by atoms with van der Waals surface area (Å²) in [5, 5.41) is 3.42. The molecule has 0 bridgehead atoms. The summed E-state index contributed by atoms with van der Waals surface area (Å²) >= 11 is 6.11. The maximum Gasteiger partial charge on any atom is 0.274 e. The second-order valence-corrected chi connectivity index (χ2v) is 6.03. The Balaban J connectivity index is 2.34. The van der Waals surface area contributed by atoms with Crippen molar-refractivity contribution in [1.82, 2.24) is 9.97 Å². The van der Waals surface area contributed by atoms with E-state index >= 15 is 0 Å². The first kappa shape index (κ1) is 19.0. The Morgan fingerprint density at radius 3 is 2.48 bits per heavy atom. The second kappa shape index (κ2) is 8.16. The van der Waals surface area contributed by atoms with E-state index in [4.69, 9.17) is 16.3 Å². The number of carbonyl (C=O) groups excluding carboxylic acids is 1. The van der Waals surface area contributed by atoms with Gasteiger partial charge in [-0.25, -0.2) is 9.97 Å². The molecule has 0 radical (unpaired) electrons. The highest BCUT2D eigenvalue weighted by atomic mass is 35.5. The zero-order valence-electron chi connectivity index (χ0n) is 15.2. The zero-order valence-corrected chi connectivity index (χ0v) is 15.9. The fourth-order valence-corrected chi connectivity index (χ4v) is 2.59. The van der Waals surface area contributed by atoms with Crippen LogP contribution in [0.4, 0.5) is 11.6 Å². The smallest absolute Gasteiger partial charge is 0.274 e. The maximum atomic E-state index is 12.7. The van der Waals surface area contributed by atoms with Crippen LogP contribution in [0.25, 0.3) is 0 Å². The first-order valence-corrected chi connectivity index (χ1v) is 8.53. The van der Waals surface area contributed by atoms with E-state index in [1.165, 1.54) is 7.11 Å². The van der Waals surface area contributed by atoms with Gasteiger partial charge in [0.05, 0.1) is 12.8 Å². The molecule has 0 saturated heterocycles. The summed E-state index contributed by atoms with van der Waals surface area (Å²) in [4.78, 5) is 23.5. The molecule has 1 heterocycles. The van der Waals surface area contributed by atoms with Crippen molar-refractivity contribution < 1.29 is 9.53 Å². The third-order valence-electron chi connectivity index (χ3n) is 3.85. The highest BCUT2D eigenvalue weighted by molar-refractivity contribution is 6.31. The fourth-order valence-electron chi connectivity index (χ4n) is 2.43. The lowest BCUT2D eigenvalue weighted by atomic mass is 10.2. The normalized spacial score (nSPS) is 10.5. The summed E-state index contributed by atoms with van der Waals surface area (Å²) in [6.07, 6.45) is 0. The Bertz CT molecular complexity index is 776. The number of benzene rings is 1. The maximum absolute atomic E-state index is 12.7. The van der Waals surface area contributed by atoms with Gasteiger partial charge in [0.1, 0.15) is 11.4 Å². The van der Waals surface area contributed by atoms with E-state index in [0.717, 1.165) is 24.3 Å². The van der Waals surface area contributed by atoms with Crippen LogP contribution < -0.4 is 15.0 Å². The number of hydrogen-bond donors (Lipinski definition) is 1. The number of methoxy groups -OCH3 is 1. The summed E-state index contributed by atoms with van der Waals surface area (Å²) in [5.74, 6) is 0.729. The van der Waals surface area contributed by atoms with Gasteiger partial charge in [-0.15, -0.1) is 0 Å². The Kier molecular flexibility index (Phi) is 6.20. The van der Waals surface area contributed by atoms with Crippen LogP contribution in [-0.4, -0.2) is 36.1 Å². The molecule has 0 aliphatic heterocycles. The van der Waals surface area contributed by atoms with Gasteiger partial charge in [-0.1, -0.05) is 11.6 Å². The lowest BCUT2D eigenvalue weighted by Crippen LogP contribution is -2.26. The monoisotopic (exact) mass is 362 g/mol. The zero-order chi connectivity index (χ0) is 18.6. The molecule has 1 N–H and O–H groups in total. The predicted octanol–water partition coefficient (Wildman–Crippen LogP) is 3.85. The van der Waals surface area contributed by atoms with Crippen molar-refractivity contribution in [3.05, 3.63) is 40.2 Å².